The number of aromatic amines is 1. The summed E-state index contributed by atoms with van der Waals surface area (Å²) in [4.78, 5) is 0. The minimum Gasteiger partial charge on any atom is -0.496 e. The van der Waals surface area contributed by atoms with Gasteiger partial charge in [-0.2, -0.15) is 5.10 Å². The van der Waals surface area contributed by atoms with Crippen LogP contribution in [0.5, 0.6) is 5.75 Å². The maximum absolute atomic E-state index is 5.29. The molecule has 2 aromatic rings. The van der Waals surface area contributed by atoms with Crippen LogP contribution in [0.15, 0.2) is 22.7 Å². The van der Waals surface area contributed by atoms with Crippen molar-refractivity contribution in [1.82, 2.24) is 15.5 Å². The number of H-pyrrole nitrogens is 1. The molecule has 1 fully saturated rings. The predicted molar refractivity (Wildman–Crippen MR) is 83.0 cm³/mol. The first-order valence-corrected chi connectivity index (χ1v) is 7.62. The highest BCUT2D eigenvalue weighted by atomic mass is 79.9. The van der Waals surface area contributed by atoms with E-state index in [9.17, 15) is 0 Å². The third kappa shape index (κ3) is 2.36. The molecule has 0 radical (unpaired) electrons. The normalized spacial score (nSPS) is 18.4. The molecule has 2 N–H and O–H groups in total. The molecule has 0 aliphatic carbocycles. The molecule has 20 heavy (non-hydrogen) atoms. The predicted octanol–water partition coefficient (Wildman–Crippen LogP) is 3.58. The molecule has 1 aromatic heterocycles. The van der Waals surface area contributed by atoms with Gasteiger partial charge in [-0.15, -0.1) is 0 Å². The summed E-state index contributed by atoms with van der Waals surface area (Å²) < 4.78 is 6.26. The van der Waals surface area contributed by atoms with E-state index in [-0.39, 0.29) is 0 Å². The quantitative estimate of drug-likeness (QED) is 0.901. The van der Waals surface area contributed by atoms with Crippen molar-refractivity contribution in [3.8, 4) is 16.9 Å². The van der Waals surface area contributed by atoms with E-state index in [1.54, 1.807) is 7.11 Å². The number of rotatable bonds is 3. The number of methoxy groups -OCH3 is 1. The Morgan fingerprint density at radius 1 is 1.40 bits per heavy atom. The van der Waals surface area contributed by atoms with Gasteiger partial charge in [-0.25, -0.2) is 0 Å². The molecule has 1 aliphatic rings. The topological polar surface area (TPSA) is 49.9 Å². The lowest BCUT2D eigenvalue weighted by molar-refractivity contribution is 0.412. The maximum atomic E-state index is 5.29. The lowest BCUT2D eigenvalue weighted by atomic mass is 9.99. The number of hydrogen-bond acceptors (Lipinski definition) is 3. The third-order valence-corrected chi connectivity index (χ3v) is 4.43. The molecular formula is C15H18BrN3O. The van der Waals surface area contributed by atoms with Crippen molar-refractivity contribution in [3.05, 3.63) is 34.1 Å². The molecular weight excluding hydrogens is 318 g/mol. The summed E-state index contributed by atoms with van der Waals surface area (Å²) in [5.74, 6) is 0.843. The number of aryl methyl sites for hydroxylation is 1. The molecule has 1 aliphatic heterocycles. The van der Waals surface area contributed by atoms with Gasteiger partial charge in [-0.3, -0.25) is 5.10 Å². The molecule has 1 saturated heterocycles. The molecule has 4 nitrogen and oxygen atoms in total. The van der Waals surface area contributed by atoms with Gasteiger partial charge in [0.15, 0.2) is 0 Å². The zero-order valence-corrected chi connectivity index (χ0v) is 13.3. The number of nitrogens with one attached hydrogen (secondary N) is 2. The van der Waals surface area contributed by atoms with E-state index in [0.717, 1.165) is 40.1 Å². The maximum Gasteiger partial charge on any atom is 0.133 e. The second kappa shape index (κ2) is 5.58. The molecule has 3 rings (SSSR count). The molecule has 1 unspecified atom stereocenters. The largest absolute Gasteiger partial charge is 0.496 e. The number of hydrogen-bond donors (Lipinski definition) is 2. The second-order valence-electron chi connectivity index (χ2n) is 5.11. The van der Waals surface area contributed by atoms with E-state index >= 15 is 0 Å². The van der Waals surface area contributed by atoms with Gasteiger partial charge in [0.25, 0.3) is 0 Å². The summed E-state index contributed by atoms with van der Waals surface area (Å²) in [5.41, 5.74) is 4.59. The molecule has 1 aromatic carbocycles. The van der Waals surface area contributed by atoms with E-state index in [0.29, 0.717) is 6.04 Å². The molecule has 1 atom stereocenters. The van der Waals surface area contributed by atoms with Gasteiger partial charge < -0.3 is 10.1 Å². The van der Waals surface area contributed by atoms with Crippen molar-refractivity contribution in [2.24, 2.45) is 0 Å². The van der Waals surface area contributed by atoms with Crippen molar-refractivity contribution in [2.75, 3.05) is 13.7 Å². The number of ether oxygens (including phenoxy) is 1. The Labute approximate surface area is 127 Å². The fraction of sp³-hybridized carbons (Fsp3) is 0.400. The minimum atomic E-state index is 0.357. The van der Waals surface area contributed by atoms with E-state index in [2.05, 4.69) is 50.5 Å². The molecule has 0 spiro atoms. The van der Waals surface area contributed by atoms with Crippen LogP contribution >= 0.6 is 15.9 Å². The zero-order valence-electron chi connectivity index (χ0n) is 11.7. The Balaban J connectivity index is 2.05. The summed E-state index contributed by atoms with van der Waals surface area (Å²) in [7, 11) is 1.68. The van der Waals surface area contributed by atoms with E-state index in [1.165, 1.54) is 12.0 Å². The number of nitrogens with zero attached hydrogens (tertiary/aromatic N) is 1. The first-order chi connectivity index (χ1) is 9.70. The van der Waals surface area contributed by atoms with E-state index < -0.39 is 0 Å². The summed E-state index contributed by atoms with van der Waals surface area (Å²) in [6.45, 7) is 3.14. The summed E-state index contributed by atoms with van der Waals surface area (Å²) >= 11 is 3.55. The Hall–Kier alpha value is -1.33. The highest BCUT2D eigenvalue weighted by molar-refractivity contribution is 9.10. The van der Waals surface area contributed by atoms with Crippen LogP contribution in [-0.2, 0) is 0 Å². The van der Waals surface area contributed by atoms with Gasteiger partial charge in [-0.1, -0.05) is 6.07 Å². The van der Waals surface area contributed by atoms with Crippen LogP contribution in [-0.4, -0.2) is 23.9 Å². The van der Waals surface area contributed by atoms with Crippen molar-refractivity contribution in [2.45, 2.75) is 25.8 Å². The number of benzene rings is 1. The molecule has 0 bridgehead atoms. The average molecular weight is 336 g/mol. The lowest BCUT2D eigenvalue weighted by Crippen LogP contribution is -2.14. The molecule has 106 valence electrons. The van der Waals surface area contributed by atoms with Crippen LogP contribution in [0.4, 0.5) is 0 Å². The Bertz CT molecular complexity index is 618. The SMILES string of the molecule is COc1ccc(-c2c(C3CCCN3)n[nH]c2C)cc1Br. The monoisotopic (exact) mass is 335 g/mol. The molecule has 0 saturated carbocycles. The number of halogens is 1. The van der Waals surface area contributed by atoms with Gasteiger partial charge in [-0.05, 0) is 59.9 Å². The summed E-state index contributed by atoms with van der Waals surface area (Å²) in [5, 5.41) is 11.2. The van der Waals surface area contributed by atoms with Gasteiger partial charge >= 0.3 is 0 Å². The first-order valence-electron chi connectivity index (χ1n) is 6.83. The van der Waals surface area contributed by atoms with Crippen LogP contribution in [0.25, 0.3) is 11.1 Å². The summed E-state index contributed by atoms with van der Waals surface area (Å²) in [6.07, 6.45) is 2.36. The van der Waals surface area contributed by atoms with Crippen molar-refractivity contribution < 1.29 is 4.74 Å². The molecule has 0 amide bonds. The standard InChI is InChI=1S/C15H18BrN3O/c1-9-14(10-5-6-13(20-2)11(16)8-10)15(19-18-9)12-4-3-7-17-12/h5-6,8,12,17H,3-4,7H2,1-2H3,(H,18,19). The fourth-order valence-electron chi connectivity index (χ4n) is 2.80. The first kappa shape index (κ1) is 13.6. The number of aromatic nitrogens is 2. The van der Waals surface area contributed by atoms with Gasteiger partial charge in [0.05, 0.1) is 23.3 Å². The van der Waals surface area contributed by atoms with Crippen LogP contribution < -0.4 is 10.1 Å². The van der Waals surface area contributed by atoms with E-state index in [4.69, 9.17) is 4.74 Å². The lowest BCUT2D eigenvalue weighted by Gasteiger charge is -2.12. The van der Waals surface area contributed by atoms with E-state index in [1.807, 2.05) is 6.07 Å². The van der Waals surface area contributed by atoms with Crippen LogP contribution in [0.2, 0.25) is 0 Å². The second-order valence-corrected chi connectivity index (χ2v) is 5.96. The van der Waals surface area contributed by atoms with Gasteiger partial charge in [0, 0.05) is 11.3 Å². The Morgan fingerprint density at radius 2 is 2.25 bits per heavy atom. The van der Waals surface area contributed by atoms with Crippen LogP contribution in [0.1, 0.15) is 30.3 Å². The zero-order chi connectivity index (χ0) is 14.1. The third-order valence-electron chi connectivity index (χ3n) is 3.81. The van der Waals surface area contributed by atoms with Gasteiger partial charge in [0.2, 0.25) is 0 Å². The van der Waals surface area contributed by atoms with Crippen LogP contribution in [0, 0.1) is 6.92 Å². The van der Waals surface area contributed by atoms with Crippen molar-refractivity contribution in [3.63, 3.8) is 0 Å². The van der Waals surface area contributed by atoms with Crippen molar-refractivity contribution >= 4 is 15.9 Å². The molecule has 5 heteroatoms. The smallest absolute Gasteiger partial charge is 0.133 e. The van der Waals surface area contributed by atoms with Gasteiger partial charge in [0.1, 0.15) is 5.75 Å². The molecule has 2 heterocycles. The highest BCUT2D eigenvalue weighted by Crippen LogP contribution is 2.36. The fourth-order valence-corrected chi connectivity index (χ4v) is 3.35. The van der Waals surface area contributed by atoms with Crippen molar-refractivity contribution in [1.29, 1.82) is 0 Å². The Morgan fingerprint density at radius 3 is 2.90 bits per heavy atom. The van der Waals surface area contributed by atoms with Crippen LogP contribution in [0.3, 0.4) is 0 Å². The summed E-state index contributed by atoms with van der Waals surface area (Å²) in [6, 6.07) is 6.52. The minimum absolute atomic E-state index is 0.357. The Kier molecular flexibility index (Phi) is 3.81. The average Bonchev–Trinajstić information content (AvgIpc) is 3.07. The highest BCUT2D eigenvalue weighted by Gasteiger charge is 2.24.